The molecule has 0 radical (unpaired) electrons. The van der Waals surface area contributed by atoms with Crippen LogP contribution in [0.15, 0.2) is 17.1 Å². The van der Waals surface area contributed by atoms with Crippen molar-refractivity contribution >= 4 is 5.84 Å². The number of nitrogens with two attached hydrogens (primary N) is 1. The number of benzene rings is 1. The van der Waals surface area contributed by atoms with Crippen molar-refractivity contribution in [1.82, 2.24) is 0 Å². The summed E-state index contributed by atoms with van der Waals surface area (Å²) in [6, 6.07) is 2.43. The number of hydrogen-bond acceptors (Lipinski definition) is 1. The molecule has 0 amide bonds. The van der Waals surface area contributed by atoms with Gasteiger partial charge in [-0.2, -0.15) is 0 Å². The molecule has 2 nitrogen and oxygen atoms in total. The predicted molar refractivity (Wildman–Crippen MR) is 61.7 cm³/mol. The van der Waals surface area contributed by atoms with Gasteiger partial charge in [-0.05, 0) is 17.5 Å². The van der Waals surface area contributed by atoms with Crippen LogP contribution < -0.4 is 5.73 Å². The SMILES string of the molecule is CN=C(N)c1cc(F)c(C(C)(C)C)c(F)c1. The van der Waals surface area contributed by atoms with E-state index in [-0.39, 0.29) is 17.0 Å². The monoisotopic (exact) mass is 226 g/mol. The van der Waals surface area contributed by atoms with Crippen LogP contribution in [0.4, 0.5) is 8.78 Å². The first-order chi connectivity index (χ1) is 7.27. The van der Waals surface area contributed by atoms with Gasteiger partial charge in [0.15, 0.2) is 0 Å². The number of rotatable bonds is 1. The van der Waals surface area contributed by atoms with Gasteiger partial charge in [0.2, 0.25) is 0 Å². The maximum Gasteiger partial charge on any atom is 0.130 e. The Hall–Kier alpha value is -1.45. The summed E-state index contributed by atoms with van der Waals surface area (Å²) in [7, 11) is 1.48. The number of halogens is 2. The standard InChI is InChI=1S/C12H16F2N2/c1-12(2,3)10-8(13)5-7(6-9(10)14)11(15)16-4/h5-6H,1-4H3,(H2,15,16). The maximum atomic E-state index is 13.8. The van der Waals surface area contributed by atoms with E-state index in [0.29, 0.717) is 0 Å². The smallest absolute Gasteiger partial charge is 0.130 e. The van der Waals surface area contributed by atoms with Crippen molar-refractivity contribution in [3.63, 3.8) is 0 Å². The van der Waals surface area contributed by atoms with Gasteiger partial charge in [-0.15, -0.1) is 0 Å². The van der Waals surface area contributed by atoms with Gasteiger partial charge in [0.25, 0.3) is 0 Å². The minimum Gasteiger partial charge on any atom is -0.384 e. The van der Waals surface area contributed by atoms with Gasteiger partial charge >= 0.3 is 0 Å². The summed E-state index contributed by atoms with van der Waals surface area (Å²) in [5.41, 5.74) is 5.27. The number of aliphatic imine (C=N–C) groups is 1. The maximum absolute atomic E-state index is 13.8. The molecule has 0 spiro atoms. The Morgan fingerprint density at radius 2 is 1.62 bits per heavy atom. The molecule has 1 aromatic rings. The molecular weight excluding hydrogens is 210 g/mol. The summed E-state index contributed by atoms with van der Waals surface area (Å²) in [5, 5.41) is 0. The molecule has 1 aromatic carbocycles. The largest absolute Gasteiger partial charge is 0.384 e. The molecule has 4 heteroatoms. The van der Waals surface area contributed by atoms with E-state index >= 15 is 0 Å². The summed E-state index contributed by atoms with van der Waals surface area (Å²) >= 11 is 0. The zero-order valence-electron chi connectivity index (χ0n) is 9.94. The first-order valence-electron chi connectivity index (χ1n) is 4.99. The van der Waals surface area contributed by atoms with Gasteiger partial charge in [-0.25, -0.2) is 8.78 Å². The van der Waals surface area contributed by atoms with E-state index in [0.717, 1.165) is 0 Å². The molecule has 0 saturated heterocycles. The van der Waals surface area contributed by atoms with Crippen LogP contribution in [-0.4, -0.2) is 12.9 Å². The highest BCUT2D eigenvalue weighted by molar-refractivity contribution is 5.97. The van der Waals surface area contributed by atoms with Crippen LogP contribution in [0.2, 0.25) is 0 Å². The molecule has 0 aliphatic rings. The van der Waals surface area contributed by atoms with E-state index in [1.54, 1.807) is 20.8 Å². The third kappa shape index (κ3) is 2.38. The Kier molecular flexibility index (Phi) is 3.31. The van der Waals surface area contributed by atoms with E-state index in [4.69, 9.17) is 5.73 Å². The number of hydrogen-bond donors (Lipinski definition) is 1. The molecule has 0 saturated carbocycles. The summed E-state index contributed by atoms with van der Waals surface area (Å²) in [5.74, 6) is -1.05. The van der Waals surface area contributed by atoms with Crippen LogP contribution >= 0.6 is 0 Å². The quantitative estimate of drug-likeness (QED) is 0.580. The van der Waals surface area contributed by atoms with E-state index in [2.05, 4.69) is 4.99 Å². The van der Waals surface area contributed by atoms with Crippen LogP contribution in [0.25, 0.3) is 0 Å². The van der Waals surface area contributed by atoms with E-state index < -0.39 is 17.0 Å². The van der Waals surface area contributed by atoms with Crippen molar-refractivity contribution in [2.45, 2.75) is 26.2 Å². The molecule has 0 atom stereocenters. The lowest BCUT2D eigenvalue weighted by molar-refractivity contribution is 0.475. The second-order valence-corrected chi connectivity index (χ2v) is 4.67. The molecule has 0 heterocycles. The van der Waals surface area contributed by atoms with E-state index in [1.807, 2.05) is 0 Å². The molecule has 1 rings (SSSR count). The van der Waals surface area contributed by atoms with Crippen LogP contribution in [0, 0.1) is 11.6 Å². The summed E-state index contributed by atoms with van der Waals surface area (Å²) in [6.45, 7) is 5.27. The highest BCUT2D eigenvalue weighted by Crippen LogP contribution is 2.28. The lowest BCUT2D eigenvalue weighted by Crippen LogP contribution is -2.19. The number of amidine groups is 1. The average Bonchev–Trinajstić information content (AvgIpc) is 2.13. The first-order valence-corrected chi connectivity index (χ1v) is 4.99. The second-order valence-electron chi connectivity index (χ2n) is 4.67. The predicted octanol–water partition coefficient (Wildman–Crippen LogP) is 2.60. The molecule has 0 aliphatic carbocycles. The Balaban J connectivity index is 3.40. The van der Waals surface area contributed by atoms with Gasteiger partial charge in [0.05, 0.1) is 0 Å². The summed E-state index contributed by atoms with van der Waals surface area (Å²) < 4.78 is 27.5. The summed E-state index contributed by atoms with van der Waals surface area (Å²) in [6.07, 6.45) is 0. The zero-order chi connectivity index (χ0) is 12.5. The Bertz CT molecular complexity index is 408. The Morgan fingerprint density at radius 1 is 1.19 bits per heavy atom. The fourth-order valence-corrected chi connectivity index (χ4v) is 1.57. The number of nitrogens with zero attached hydrogens (tertiary/aromatic N) is 1. The highest BCUT2D eigenvalue weighted by atomic mass is 19.1. The minimum atomic E-state index is -0.589. The van der Waals surface area contributed by atoms with Crippen molar-refractivity contribution in [2.75, 3.05) is 7.05 Å². The topological polar surface area (TPSA) is 38.4 Å². The molecule has 0 fully saturated rings. The molecule has 88 valence electrons. The summed E-state index contributed by atoms with van der Waals surface area (Å²) in [4.78, 5) is 3.69. The van der Waals surface area contributed by atoms with Crippen LogP contribution in [0.5, 0.6) is 0 Å². The van der Waals surface area contributed by atoms with Crippen molar-refractivity contribution in [3.8, 4) is 0 Å². The normalized spacial score (nSPS) is 13.0. The fraction of sp³-hybridized carbons (Fsp3) is 0.417. The highest BCUT2D eigenvalue weighted by Gasteiger charge is 2.24. The second kappa shape index (κ2) is 4.20. The van der Waals surface area contributed by atoms with Gasteiger partial charge in [0, 0.05) is 18.2 Å². The molecule has 16 heavy (non-hydrogen) atoms. The van der Waals surface area contributed by atoms with Crippen molar-refractivity contribution in [3.05, 3.63) is 34.9 Å². The zero-order valence-corrected chi connectivity index (χ0v) is 9.94. The average molecular weight is 226 g/mol. The van der Waals surface area contributed by atoms with Gasteiger partial charge in [-0.1, -0.05) is 20.8 Å². The molecule has 0 unspecified atom stereocenters. The van der Waals surface area contributed by atoms with Crippen molar-refractivity contribution < 1.29 is 8.78 Å². The molecule has 0 bridgehead atoms. The minimum absolute atomic E-state index is 0.0696. The fourth-order valence-electron chi connectivity index (χ4n) is 1.57. The molecular formula is C12H16F2N2. The Labute approximate surface area is 94.2 Å². The first kappa shape index (κ1) is 12.6. The van der Waals surface area contributed by atoms with Gasteiger partial charge in [0.1, 0.15) is 17.5 Å². The lowest BCUT2D eigenvalue weighted by atomic mass is 9.85. The molecule has 0 aliphatic heterocycles. The van der Waals surface area contributed by atoms with E-state index in [9.17, 15) is 8.78 Å². The molecule has 0 aromatic heterocycles. The Morgan fingerprint density at radius 3 is 1.94 bits per heavy atom. The van der Waals surface area contributed by atoms with E-state index in [1.165, 1.54) is 19.2 Å². The van der Waals surface area contributed by atoms with Crippen LogP contribution in [0.3, 0.4) is 0 Å². The van der Waals surface area contributed by atoms with Gasteiger partial charge < -0.3 is 5.73 Å². The van der Waals surface area contributed by atoms with Crippen LogP contribution in [0.1, 0.15) is 31.9 Å². The lowest BCUT2D eigenvalue weighted by Gasteiger charge is -2.21. The van der Waals surface area contributed by atoms with Crippen LogP contribution in [-0.2, 0) is 5.41 Å². The third-order valence-corrected chi connectivity index (χ3v) is 2.33. The van der Waals surface area contributed by atoms with Crippen molar-refractivity contribution in [2.24, 2.45) is 10.7 Å². The molecule has 2 N–H and O–H groups in total. The van der Waals surface area contributed by atoms with Gasteiger partial charge in [-0.3, -0.25) is 4.99 Å². The third-order valence-electron chi connectivity index (χ3n) is 2.33. The van der Waals surface area contributed by atoms with Crippen molar-refractivity contribution in [1.29, 1.82) is 0 Å².